The summed E-state index contributed by atoms with van der Waals surface area (Å²) in [5.74, 6) is -0.491. The van der Waals surface area contributed by atoms with Crippen molar-refractivity contribution in [3.05, 3.63) is 53.3 Å². The molecule has 0 aliphatic rings. The van der Waals surface area contributed by atoms with Crippen LogP contribution in [0, 0.1) is 19.7 Å². The number of nitrogen functional groups attached to an aromatic ring is 1. The number of benzene rings is 2. The summed E-state index contributed by atoms with van der Waals surface area (Å²) in [5, 5.41) is 0. The lowest BCUT2D eigenvalue weighted by molar-refractivity contribution is 0.599. The van der Waals surface area contributed by atoms with E-state index in [1.807, 2.05) is 13.0 Å². The quantitative estimate of drug-likeness (QED) is 0.855. The molecule has 0 amide bonds. The van der Waals surface area contributed by atoms with E-state index >= 15 is 0 Å². The van der Waals surface area contributed by atoms with Gasteiger partial charge in [-0.3, -0.25) is 4.72 Å². The zero-order valence-corrected chi connectivity index (χ0v) is 12.0. The number of hydrogen-bond acceptors (Lipinski definition) is 3. The van der Waals surface area contributed by atoms with Crippen LogP contribution >= 0.6 is 0 Å². The van der Waals surface area contributed by atoms with E-state index in [1.165, 1.54) is 12.1 Å². The first-order valence-electron chi connectivity index (χ1n) is 5.95. The van der Waals surface area contributed by atoms with E-state index in [0.29, 0.717) is 11.4 Å². The standard InChI is InChI=1S/C14H15FN2O2S/c1-9-3-8-13(16)14(10(9)2)17-20(18,19)12-6-4-11(15)5-7-12/h3-8,17H,16H2,1-2H3. The Morgan fingerprint density at radius 1 is 1.05 bits per heavy atom. The summed E-state index contributed by atoms with van der Waals surface area (Å²) in [6, 6.07) is 8.07. The molecule has 0 atom stereocenters. The monoisotopic (exact) mass is 294 g/mol. The van der Waals surface area contributed by atoms with Crippen LogP contribution in [0.3, 0.4) is 0 Å². The van der Waals surface area contributed by atoms with Crippen LogP contribution in [-0.2, 0) is 10.0 Å². The molecule has 0 aliphatic heterocycles. The van der Waals surface area contributed by atoms with Crippen LogP contribution in [0.25, 0.3) is 0 Å². The largest absolute Gasteiger partial charge is 0.397 e. The minimum atomic E-state index is -3.79. The third-order valence-corrected chi connectivity index (χ3v) is 4.49. The van der Waals surface area contributed by atoms with E-state index in [0.717, 1.165) is 23.3 Å². The van der Waals surface area contributed by atoms with E-state index < -0.39 is 15.8 Å². The molecule has 0 aromatic heterocycles. The van der Waals surface area contributed by atoms with Crippen molar-refractivity contribution in [1.29, 1.82) is 0 Å². The number of sulfonamides is 1. The molecule has 0 radical (unpaired) electrons. The average Bonchev–Trinajstić information content (AvgIpc) is 2.40. The smallest absolute Gasteiger partial charge is 0.261 e. The molecular weight excluding hydrogens is 279 g/mol. The highest BCUT2D eigenvalue weighted by molar-refractivity contribution is 7.92. The summed E-state index contributed by atoms with van der Waals surface area (Å²) >= 11 is 0. The van der Waals surface area contributed by atoms with Gasteiger partial charge in [-0.25, -0.2) is 12.8 Å². The van der Waals surface area contributed by atoms with E-state index in [2.05, 4.69) is 4.72 Å². The highest BCUT2D eigenvalue weighted by Crippen LogP contribution is 2.28. The fourth-order valence-corrected chi connectivity index (χ4v) is 2.93. The molecule has 106 valence electrons. The van der Waals surface area contributed by atoms with Crippen LogP contribution in [0.15, 0.2) is 41.3 Å². The number of hydrogen-bond donors (Lipinski definition) is 2. The number of nitrogens with two attached hydrogens (primary N) is 1. The number of anilines is 2. The van der Waals surface area contributed by atoms with E-state index in [1.54, 1.807) is 13.0 Å². The topological polar surface area (TPSA) is 72.2 Å². The minimum absolute atomic E-state index is 0.0146. The van der Waals surface area contributed by atoms with Gasteiger partial charge in [0.25, 0.3) is 10.0 Å². The third-order valence-electron chi connectivity index (χ3n) is 3.13. The molecule has 6 heteroatoms. The van der Waals surface area contributed by atoms with Crippen LogP contribution in [0.5, 0.6) is 0 Å². The lowest BCUT2D eigenvalue weighted by Crippen LogP contribution is -2.15. The van der Waals surface area contributed by atoms with Crippen molar-refractivity contribution < 1.29 is 12.8 Å². The Kier molecular flexibility index (Phi) is 3.67. The second-order valence-corrected chi connectivity index (χ2v) is 6.21. The van der Waals surface area contributed by atoms with Crippen molar-refractivity contribution in [2.24, 2.45) is 0 Å². The molecule has 3 N–H and O–H groups in total. The summed E-state index contributed by atoms with van der Waals surface area (Å²) in [6.07, 6.45) is 0. The van der Waals surface area contributed by atoms with Crippen molar-refractivity contribution in [3.63, 3.8) is 0 Å². The first-order valence-corrected chi connectivity index (χ1v) is 7.43. The number of nitrogens with one attached hydrogen (secondary N) is 1. The van der Waals surface area contributed by atoms with Gasteiger partial charge in [0, 0.05) is 0 Å². The number of rotatable bonds is 3. The van der Waals surface area contributed by atoms with Gasteiger partial charge < -0.3 is 5.73 Å². The van der Waals surface area contributed by atoms with Gasteiger partial charge in [0.1, 0.15) is 5.82 Å². The fourth-order valence-electron chi connectivity index (χ4n) is 1.78. The third kappa shape index (κ3) is 2.75. The Morgan fingerprint density at radius 2 is 1.65 bits per heavy atom. The van der Waals surface area contributed by atoms with Gasteiger partial charge in [-0.2, -0.15) is 0 Å². The average molecular weight is 294 g/mol. The zero-order chi connectivity index (χ0) is 14.9. The summed E-state index contributed by atoms with van der Waals surface area (Å²) in [6.45, 7) is 3.65. The highest BCUT2D eigenvalue weighted by Gasteiger charge is 2.17. The predicted molar refractivity (Wildman–Crippen MR) is 77.5 cm³/mol. The van der Waals surface area contributed by atoms with E-state index in [4.69, 9.17) is 5.73 Å². The Bertz CT molecular complexity index is 741. The molecule has 0 aliphatic carbocycles. The maximum Gasteiger partial charge on any atom is 0.261 e. The number of halogens is 1. The van der Waals surface area contributed by atoms with Crippen molar-refractivity contribution >= 4 is 21.4 Å². The molecule has 0 fully saturated rings. The Labute approximate surface area is 117 Å². The molecule has 4 nitrogen and oxygen atoms in total. The molecule has 2 rings (SSSR count). The van der Waals surface area contributed by atoms with Gasteiger partial charge in [0.15, 0.2) is 0 Å². The van der Waals surface area contributed by atoms with Gasteiger partial charge in [0.2, 0.25) is 0 Å². The Balaban J connectivity index is 2.43. The van der Waals surface area contributed by atoms with Crippen molar-refractivity contribution in [2.75, 3.05) is 10.5 Å². The lowest BCUT2D eigenvalue weighted by Gasteiger charge is -2.14. The highest BCUT2D eigenvalue weighted by atomic mass is 32.2. The van der Waals surface area contributed by atoms with Crippen LogP contribution in [0.4, 0.5) is 15.8 Å². The predicted octanol–water partition coefficient (Wildman–Crippen LogP) is 2.83. The van der Waals surface area contributed by atoms with Gasteiger partial charge in [-0.1, -0.05) is 6.07 Å². The first kappa shape index (κ1) is 14.3. The molecule has 0 unspecified atom stereocenters. The maximum absolute atomic E-state index is 12.8. The second kappa shape index (κ2) is 5.13. The van der Waals surface area contributed by atoms with Crippen LogP contribution in [0.2, 0.25) is 0 Å². The van der Waals surface area contributed by atoms with Gasteiger partial charge in [-0.05, 0) is 55.3 Å². The maximum atomic E-state index is 12.8. The molecule has 0 saturated heterocycles. The summed E-state index contributed by atoms with van der Waals surface area (Å²) in [4.78, 5) is -0.0146. The number of aryl methyl sites for hydroxylation is 1. The molecule has 0 spiro atoms. The van der Waals surface area contributed by atoms with E-state index in [9.17, 15) is 12.8 Å². The molecule has 0 heterocycles. The van der Waals surface area contributed by atoms with E-state index in [-0.39, 0.29) is 4.90 Å². The van der Waals surface area contributed by atoms with Crippen LogP contribution in [0.1, 0.15) is 11.1 Å². The van der Waals surface area contributed by atoms with Gasteiger partial charge in [0.05, 0.1) is 16.3 Å². The van der Waals surface area contributed by atoms with Crippen molar-refractivity contribution in [1.82, 2.24) is 0 Å². The zero-order valence-electron chi connectivity index (χ0n) is 11.1. The summed E-state index contributed by atoms with van der Waals surface area (Å²) in [5.41, 5.74) is 8.20. The fraction of sp³-hybridized carbons (Fsp3) is 0.143. The minimum Gasteiger partial charge on any atom is -0.397 e. The second-order valence-electron chi connectivity index (χ2n) is 4.53. The molecule has 0 saturated carbocycles. The summed E-state index contributed by atoms with van der Waals surface area (Å²) in [7, 11) is -3.79. The van der Waals surface area contributed by atoms with Crippen molar-refractivity contribution in [2.45, 2.75) is 18.7 Å². The van der Waals surface area contributed by atoms with Gasteiger partial charge >= 0.3 is 0 Å². The normalized spacial score (nSPS) is 11.3. The lowest BCUT2D eigenvalue weighted by atomic mass is 10.1. The molecule has 2 aromatic rings. The molecule has 0 bridgehead atoms. The Hall–Kier alpha value is -2.08. The van der Waals surface area contributed by atoms with Crippen LogP contribution < -0.4 is 10.5 Å². The van der Waals surface area contributed by atoms with Crippen molar-refractivity contribution in [3.8, 4) is 0 Å². The SMILES string of the molecule is Cc1ccc(N)c(NS(=O)(=O)c2ccc(F)cc2)c1C. The molecule has 20 heavy (non-hydrogen) atoms. The first-order chi connectivity index (χ1) is 9.31. The molecular formula is C14H15FN2O2S. The summed E-state index contributed by atoms with van der Waals surface area (Å²) < 4.78 is 39.8. The Morgan fingerprint density at radius 3 is 2.25 bits per heavy atom. The van der Waals surface area contributed by atoms with Gasteiger partial charge in [-0.15, -0.1) is 0 Å². The molecule has 2 aromatic carbocycles. The van der Waals surface area contributed by atoms with Crippen LogP contribution in [-0.4, -0.2) is 8.42 Å².